The first kappa shape index (κ1) is 44.8. The highest BCUT2D eigenvalue weighted by molar-refractivity contribution is 7.13. The topological polar surface area (TPSA) is 176 Å². The van der Waals surface area contributed by atoms with Crippen molar-refractivity contribution in [2.45, 2.75) is 89.9 Å². The number of phenols is 1. The van der Waals surface area contributed by atoms with Crippen LogP contribution < -0.4 is 15.5 Å². The fourth-order valence-corrected chi connectivity index (χ4v) is 11.2. The zero-order chi connectivity index (χ0) is 45.2. The number of aliphatic hydroxyl groups is 1. The third-order valence-electron chi connectivity index (χ3n) is 13.8. The number of aliphatic hydroxyl groups excluding tert-OH is 1. The normalized spacial score (nSPS) is 22.3. The maximum absolute atomic E-state index is 14.3. The number of amides is 2. The molecule has 5 aromatic rings. The lowest BCUT2D eigenvalue weighted by atomic mass is 9.91. The first-order chi connectivity index (χ1) is 31.5. The van der Waals surface area contributed by atoms with Crippen molar-refractivity contribution >= 4 is 34.7 Å². The van der Waals surface area contributed by atoms with Crippen LogP contribution in [0.4, 0.5) is 11.5 Å². The van der Waals surface area contributed by atoms with E-state index in [2.05, 4.69) is 51.7 Å². The summed E-state index contributed by atoms with van der Waals surface area (Å²) in [5.41, 5.74) is 8.11. The molecule has 16 heteroatoms. The van der Waals surface area contributed by atoms with Crippen LogP contribution in [0, 0.1) is 18.8 Å². The van der Waals surface area contributed by atoms with Gasteiger partial charge in [-0.15, -0.1) is 21.5 Å². The van der Waals surface area contributed by atoms with Crippen molar-refractivity contribution in [1.82, 2.24) is 40.4 Å². The summed E-state index contributed by atoms with van der Waals surface area (Å²) >= 11 is 1.60. The van der Waals surface area contributed by atoms with E-state index in [9.17, 15) is 19.8 Å². The van der Waals surface area contributed by atoms with Gasteiger partial charge in [-0.2, -0.15) is 0 Å². The van der Waals surface area contributed by atoms with E-state index in [1.807, 2.05) is 81.7 Å². The number of nitrogens with zero attached hydrogens (tertiary/aromatic N) is 8. The Morgan fingerprint density at radius 2 is 1.83 bits per heavy atom. The molecule has 3 fully saturated rings. The van der Waals surface area contributed by atoms with Gasteiger partial charge in [0.2, 0.25) is 11.8 Å². The predicted octanol–water partition coefficient (Wildman–Crippen LogP) is 6.11. The van der Waals surface area contributed by atoms with Crippen LogP contribution >= 0.6 is 11.3 Å². The summed E-state index contributed by atoms with van der Waals surface area (Å²) in [5, 5.41) is 41.1. The average molecular weight is 903 g/mol. The molecule has 4 aliphatic rings. The van der Waals surface area contributed by atoms with Gasteiger partial charge in [0.1, 0.15) is 23.5 Å². The van der Waals surface area contributed by atoms with E-state index in [0.29, 0.717) is 29.0 Å². The Hall–Kier alpha value is -5.42. The van der Waals surface area contributed by atoms with E-state index >= 15 is 0 Å². The SMILES string of the molecule is Cc1ncsc1-c1ccc([C@H](C)NC(=O)[C@@H]2C[C@@H](O)CN2C(=O)[C@@H](c2cc(CCCN3CCC[C@H](CN4CCN5c6cc(-c7ccccc7O)nnc6NC[C@H]5C4)C3)no2)C(C)C)cc1. The number of aromatic hydroxyl groups is 1. The Bertz CT molecular complexity index is 2440. The third kappa shape index (κ3) is 9.91. The number of hydrogen-bond donors (Lipinski definition) is 4. The summed E-state index contributed by atoms with van der Waals surface area (Å²) in [4.78, 5) is 42.7. The summed E-state index contributed by atoms with van der Waals surface area (Å²) in [6.45, 7) is 15.9. The lowest BCUT2D eigenvalue weighted by molar-refractivity contribution is -0.141. The number of carbonyl (C=O) groups is 2. The molecule has 0 radical (unpaired) electrons. The highest BCUT2D eigenvalue weighted by atomic mass is 32.1. The molecule has 2 amide bonds. The quantitative estimate of drug-likeness (QED) is 0.101. The number of β-amino-alcohol motifs (C(OH)–C–C–N with tert-alkyl or cyclic N) is 1. The molecule has 0 unspecified atom stereocenters. The van der Waals surface area contributed by atoms with E-state index in [1.54, 1.807) is 17.4 Å². The summed E-state index contributed by atoms with van der Waals surface area (Å²) in [7, 11) is 0. The number of likely N-dealkylation sites (tertiary alicyclic amines) is 2. The van der Waals surface area contributed by atoms with Gasteiger partial charge in [-0.05, 0) is 93.8 Å². The van der Waals surface area contributed by atoms with Crippen molar-refractivity contribution < 1.29 is 24.3 Å². The minimum absolute atomic E-state index is 0.0934. The number of anilines is 2. The molecule has 0 saturated carbocycles. The van der Waals surface area contributed by atoms with Crippen molar-refractivity contribution in [1.29, 1.82) is 0 Å². The van der Waals surface area contributed by atoms with Gasteiger partial charge in [0.25, 0.3) is 0 Å². The molecular weight excluding hydrogens is 841 g/mol. The molecule has 0 spiro atoms. The Kier molecular flexibility index (Phi) is 13.5. The number of aromatic nitrogens is 4. The number of aryl methyl sites for hydroxylation is 2. The molecule has 15 nitrogen and oxygen atoms in total. The van der Waals surface area contributed by atoms with Gasteiger partial charge in [0.15, 0.2) is 5.82 Å². The van der Waals surface area contributed by atoms with E-state index in [1.165, 1.54) is 17.7 Å². The summed E-state index contributed by atoms with van der Waals surface area (Å²) in [6, 6.07) is 18.6. The molecule has 3 saturated heterocycles. The Morgan fingerprint density at radius 1 is 1.00 bits per heavy atom. The molecule has 7 heterocycles. The second-order valence-electron chi connectivity index (χ2n) is 18.8. The number of hydrogen-bond acceptors (Lipinski definition) is 14. The van der Waals surface area contributed by atoms with E-state index in [-0.39, 0.29) is 42.5 Å². The summed E-state index contributed by atoms with van der Waals surface area (Å²) < 4.78 is 5.88. The van der Waals surface area contributed by atoms with E-state index in [0.717, 1.165) is 104 Å². The van der Waals surface area contributed by atoms with E-state index < -0.39 is 18.1 Å². The smallest absolute Gasteiger partial charge is 0.243 e. The fourth-order valence-electron chi connectivity index (χ4n) is 10.4. The molecule has 9 rings (SSSR count). The highest BCUT2D eigenvalue weighted by Crippen LogP contribution is 2.37. The molecule has 344 valence electrons. The lowest BCUT2D eigenvalue weighted by Crippen LogP contribution is -2.58. The van der Waals surface area contributed by atoms with Gasteiger partial charge in [0, 0.05) is 63.9 Å². The number of fused-ring (bicyclic) bond motifs is 3. The number of benzene rings is 2. The Labute approximate surface area is 385 Å². The second-order valence-corrected chi connectivity index (χ2v) is 19.7. The van der Waals surface area contributed by atoms with Gasteiger partial charge in [0.05, 0.1) is 51.3 Å². The second kappa shape index (κ2) is 19.6. The number of para-hydroxylation sites is 1. The first-order valence-corrected chi connectivity index (χ1v) is 24.2. The van der Waals surface area contributed by atoms with Gasteiger partial charge in [-0.25, -0.2) is 4.98 Å². The number of nitrogens with one attached hydrogen (secondary N) is 2. The molecule has 4 aliphatic heterocycles. The van der Waals surface area contributed by atoms with Crippen molar-refractivity contribution in [2.75, 3.05) is 69.1 Å². The molecule has 6 atom stereocenters. The predicted molar refractivity (Wildman–Crippen MR) is 252 cm³/mol. The number of rotatable bonds is 14. The van der Waals surface area contributed by atoms with Crippen LogP contribution in [-0.2, 0) is 16.0 Å². The number of piperidine rings is 1. The van der Waals surface area contributed by atoms with Gasteiger partial charge < -0.3 is 40.1 Å². The Balaban J connectivity index is 0.750. The number of piperazine rings is 1. The molecule has 0 aliphatic carbocycles. The van der Waals surface area contributed by atoms with Crippen molar-refractivity contribution in [3.8, 4) is 27.4 Å². The molecule has 65 heavy (non-hydrogen) atoms. The molecular formula is C49H62N10O5S. The van der Waals surface area contributed by atoms with Crippen molar-refractivity contribution in [3.63, 3.8) is 0 Å². The van der Waals surface area contributed by atoms with Crippen LogP contribution in [0.5, 0.6) is 5.75 Å². The summed E-state index contributed by atoms with van der Waals surface area (Å²) in [6.07, 6.45) is 3.49. The number of thiazole rings is 1. The monoisotopic (exact) mass is 902 g/mol. The van der Waals surface area contributed by atoms with Crippen molar-refractivity contribution in [3.05, 3.63) is 88.9 Å². The zero-order valence-corrected chi connectivity index (χ0v) is 38.7. The first-order valence-electron chi connectivity index (χ1n) is 23.3. The van der Waals surface area contributed by atoms with Crippen LogP contribution in [-0.4, -0.2) is 134 Å². The van der Waals surface area contributed by atoms with Crippen LogP contribution in [0.2, 0.25) is 0 Å². The van der Waals surface area contributed by atoms with E-state index in [4.69, 9.17) is 4.52 Å². The molecule has 2 aromatic carbocycles. The van der Waals surface area contributed by atoms with Gasteiger partial charge in [-0.1, -0.05) is 55.4 Å². The standard InChI is InChI=1S/C49H62N10O5S/c1-30(2)45(49(63)59-28-38(60)22-42(59)48(62)52-31(3)34-13-15-35(16-14-34)46-32(4)51-29-65-46)44-21-36(55-64-44)10-8-18-56-17-7-9-33(25-56)26-57-19-20-58-37(27-57)24-50-47-41(58)23-40(53-54-47)39-11-5-6-12-43(39)61/h5-6,11-16,21,23,29-31,33,37-38,42,45,60-61H,7-10,17-20,22,24-28H2,1-4H3,(H,50,54)(H,52,62)/t31-,33-,37-,38+,42-,45+/m0/s1. The van der Waals surface area contributed by atoms with Gasteiger partial charge in [-0.3, -0.25) is 14.5 Å². The van der Waals surface area contributed by atoms with Crippen molar-refractivity contribution in [2.24, 2.45) is 11.8 Å². The maximum Gasteiger partial charge on any atom is 0.243 e. The van der Waals surface area contributed by atoms with Crippen LogP contribution in [0.25, 0.3) is 21.7 Å². The molecule has 0 bridgehead atoms. The number of phenolic OH excluding ortho intramolecular Hbond substituents is 1. The fraction of sp³-hybridized carbons (Fsp3) is 0.510. The summed E-state index contributed by atoms with van der Waals surface area (Å²) in [5.74, 6) is 0.871. The third-order valence-corrected chi connectivity index (χ3v) is 14.8. The average Bonchev–Trinajstić information content (AvgIpc) is 4.06. The Morgan fingerprint density at radius 3 is 2.62 bits per heavy atom. The highest BCUT2D eigenvalue weighted by Gasteiger charge is 2.43. The van der Waals surface area contributed by atoms with Gasteiger partial charge >= 0.3 is 0 Å². The molecule has 3 aromatic heterocycles. The minimum atomic E-state index is -0.792. The minimum Gasteiger partial charge on any atom is -0.507 e. The van der Waals surface area contributed by atoms with Crippen LogP contribution in [0.3, 0.4) is 0 Å². The van der Waals surface area contributed by atoms with Crippen LogP contribution in [0.15, 0.2) is 70.7 Å². The molecule has 4 N–H and O–H groups in total. The largest absolute Gasteiger partial charge is 0.507 e. The zero-order valence-electron chi connectivity index (χ0n) is 37.9. The van der Waals surface area contributed by atoms with Crippen LogP contribution in [0.1, 0.15) is 81.1 Å². The maximum atomic E-state index is 14.3. The lowest BCUT2D eigenvalue weighted by Gasteiger charge is -2.47. The number of carbonyl (C=O) groups excluding carboxylic acids is 2.